The predicted molar refractivity (Wildman–Crippen MR) is 141 cm³/mol. The number of carbonyl (C=O) groups is 1. The lowest BCUT2D eigenvalue weighted by atomic mass is 9.60. The highest BCUT2D eigenvalue weighted by Gasteiger charge is 2.50. The number of aliphatic hydroxyl groups is 2. The van der Waals surface area contributed by atoms with E-state index in [1.165, 1.54) is 37.7 Å². The van der Waals surface area contributed by atoms with Crippen LogP contribution in [0.3, 0.4) is 0 Å². The zero-order valence-corrected chi connectivity index (χ0v) is 21.8. The highest BCUT2D eigenvalue weighted by molar-refractivity contribution is 5.96. The van der Waals surface area contributed by atoms with E-state index in [1.807, 2.05) is 24.3 Å². The van der Waals surface area contributed by atoms with Gasteiger partial charge in [0.2, 0.25) is 0 Å². The van der Waals surface area contributed by atoms with E-state index in [4.69, 9.17) is 4.74 Å². The smallest absolute Gasteiger partial charge is 0.162 e. The van der Waals surface area contributed by atoms with Gasteiger partial charge in [0, 0.05) is 12.0 Å². The van der Waals surface area contributed by atoms with Crippen molar-refractivity contribution in [3.63, 3.8) is 0 Å². The molecule has 0 saturated heterocycles. The standard InChI is InChI=1S/C31H44O4/c1-21(6-4-8-30(34)24-11-13-27(35-3)14-12-24)28-15-16-29-23(7-5-17-31(28,29)2)10-9-22-18-25(32)20-26(33)19-22/h9-14,21,25-26,28-29,32-33H,4-8,15-20H2,1-3H3/b23-10+/t21-,25-,26-,28-,29+,31-/m1/s1. The summed E-state index contributed by atoms with van der Waals surface area (Å²) < 4.78 is 5.19. The zero-order valence-electron chi connectivity index (χ0n) is 21.8. The maximum Gasteiger partial charge on any atom is 0.162 e. The Kier molecular flexibility index (Phi) is 8.54. The first-order valence-electron chi connectivity index (χ1n) is 13.7. The normalized spacial score (nSPS) is 32.8. The lowest BCUT2D eigenvalue weighted by molar-refractivity contribution is 0.0609. The second kappa shape index (κ2) is 11.4. The highest BCUT2D eigenvalue weighted by atomic mass is 16.5. The summed E-state index contributed by atoms with van der Waals surface area (Å²) in [4.78, 5) is 12.6. The zero-order chi connectivity index (χ0) is 25.0. The molecule has 192 valence electrons. The quantitative estimate of drug-likeness (QED) is 0.408. The number of Topliss-reactive ketones (excluding diaryl/α,β-unsaturated/α-hetero) is 1. The molecule has 0 aromatic heterocycles. The number of allylic oxidation sites excluding steroid dienone is 3. The minimum atomic E-state index is -0.409. The van der Waals surface area contributed by atoms with Crippen LogP contribution in [0.2, 0.25) is 0 Å². The molecule has 0 amide bonds. The Labute approximate surface area is 211 Å². The molecule has 0 spiro atoms. The third-order valence-electron chi connectivity index (χ3n) is 9.27. The maximum absolute atomic E-state index is 12.6. The van der Waals surface area contributed by atoms with Crippen LogP contribution in [-0.4, -0.2) is 35.3 Å². The van der Waals surface area contributed by atoms with Gasteiger partial charge >= 0.3 is 0 Å². The van der Waals surface area contributed by atoms with Gasteiger partial charge in [0.25, 0.3) is 0 Å². The van der Waals surface area contributed by atoms with E-state index in [-0.39, 0.29) is 5.78 Å². The molecule has 0 unspecified atom stereocenters. The summed E-state index contributed by atoms with van der Waals surface area (Å²) in [6.45, 7) is 4.92. The van der Waals surface area contributed by atoms with Gasteiger partial charge in [-0.1, -0.05) is 37.1 Å². The van der Waals surface area contributed by atoms with Crippen molar-refractivity contribution in [1.82, 2.24) is 0 Å². The topological polar surface area (TPSA) is 66.8 Å². The van der Waals surface area contributed by atoms with Gasteiger partial charge in [0.1, 0.15) is 5.75 Å². The minimum Gasteiger partial charge on any atom is -0.497 e. The Balaban J connectivity index is 1.34. The summed E-state index contributed by atoms with van der Waals surface area (Å²) in [6.07, 6.45) is 14.5. The molecule has 4 heteroatoms. The molecule has 0 bridgehead atoms. The number of benzene rings is 1. The van der Waals surface area contributed by atoms with Crippen LogP contribution >= 0.6 is 0 Å². The lowest BCUT2D eigenvalue weighted by Gasteiger charge is -2.44. The summed E-state index contributed by atoms with van der Waals surface area (Å²) in [5, 5.41) is 20.0. The van der Waals surface area contributed by atoms with Crippen molar-refractivity contribution in [2.75, 3.05) is 7.11 Å². The van der Waals surface area contributed by atoms with Crippen LogP contribution in [0.5, 0.6) is 5.75 Å². The Morgan fingerprint density at radius 2 is 1.86 bits per heavy atom. The summed E-state index contributed by atoms with van der Waals surface area (Å²) in [5.74, 6) is 2.97. The summed E-state index contributed by atoms with van der Waals surface area (Å²) in [5.41, 5.74) is 3.87. The average Bonchev–Trinajstić information content (AvgIpc) is 3.19. The number of hydrogen-bond donors (Lipinski definition) is 2. The predicted octanol–water partition coefficient (Wildman–Crippen LogP) is 6.66. The first kappa shape index (κ1) is 26.2. The fourth-order valence-corrected chi connectivity index (χ4v) is 7.45. The van der Waals surface area contributed by atoms with Gasteiger partial charge in [-0.2, -0.15) is 0 Å². The Hall–Kier alpha value is -1.91. The number of carbonyl (C=O) groups excluding carboxylic acids is 1. The summed E-state index contributed by atoms with van der Waals surface area (Å²) >= 11 is 0. The molecule has 3 fully saturated rings. The molecule has 2 N–H and O–H groups in total. The minimum absolute atomic E-state index is 0.226. The van der Waals surface area contributed by atoms with Crippen LogP contribution in [0.4, 0.5) is 0 Å². The number of methoxy groups -OCH3 is 1. The Morgan fingerprint density at radius 1 is 1.14 bits per heavy atom. The van der Waals surface area contributed by atoms with Crippen LogP contribution in [0.1, 0.15) is 94.8 Å². The van der Waals surface area contributed by atoms with Gasteiger partial charge in [-0.05, 0) is 112 Å². The average molecular weight is 481 g/mol. The Bertz CT molecular complexity index is 918. The van der Waals surface area contributed by atoms with E-state index in [2.05, 4.69) is 26.0 Å². The number of rotatable bonds is 8. The van der Waals surface area contributed by atoms with E-state index in [0.29, 0.717) is 48.9 Å². The van der Waals surface area contributed by atoms with Crippen molar-refractivity contribution < 1.29 is 19.7 Å². The number of fused-ring (bicyclic) bond motifs is 1. The van der Waals surface area contributed by atoms with E-state index in [9.17, 15) is 15.0 Å². The van der Waals surface area contributed by atoms with E-state index in [0.717, 1.165) is 24.2 Å². The second-order valence-corrected chi connectivity index (χ2v) is 11.6. The molecule has 3 saturated carbocycles. The van der Waals surface area contributed by atoms with Crippen LogP contribution in [0.15, 0.2) is 47.6 Å². The molecule has 0 aliphatic heterocycles. The van der Waals surface area contributed by atoms with Crippen molar-refractivity contribution in [3.05, 3.63) is 53.1 Å². The third-order valence-corrected chi connectivity index (χ3v) is 9.27. The fraction of sp³-hybridized carbons (Fsp3) is 0.645. The lowest BCUT2D eigenvalue weighted by Crippen LogP contribution is -2.36. The highest BCUT2D eigenvalue weighted by Crippen LogP contribution is 2.59. The first-order valence-corrected chi connectivity index (χ1v) is 13.7. The van der Waals surface area contributed by atoms with Gasteiger partial charge in [0.05, 0.1) is 19.3 Å². The van der Waals surface area contributed by atoms with E-state index >= 15 is 0 Å². The van der Waals surface area contributed by atoms with Gasteiger partial charge in [-0.15, -0.1) is 0 Å². The molecular formula is C31H44O4. The van der Waals surface area contributed by atoms with Crippen molar-refractivity contribution >= 4 is 5.78 Å². The molecule has 4 rings (SSSR count). The molecule has 1 aromatic rings. The summed E-state index contributed by atoms with van der Waals surface area (Å²) in [6, 6.07) is 7.45. The molecule has 0 radical (unpaired) electrons. The number of ether oxygens (including phenoxy) is 1. The summed E-state index contributed by atoms with van der Waals surface area (Å²) in [7, 11) is 1.64. The fourth-order valence-electron chi connectivity index (χ4n) is 7.45. The SMILES string of the molecule is COc1ccc(C(=O)CCC[C@@H](C)[C@H]2CC[C@H]3/C(=C/C=C4C[C@@H](O)C[C@H](O)C4)CCC[C@]23C)cc1. The molecule has 3 aliphatic rings. The second-order valence-electron chi connectivity index (χ2n) is 11.6. The molecule has 3 aliphatic carbocycles. The Morgan fingerprint density at radius 3 is 2.54 bits per heavy atom. The van der Waals surface area contributed by atoms with Gasteiger partial charge in [0.15, 0.2) is 5.78 Å². The van der Waals surface area contributed by atoms with Crippen LogP contribution in [0.25, 0.3) is 0 Å². The first-order chi connectivity index (χ1) is 16.8. The monoisotopic (exact) mass is 480 g/mol. The van der Waals surface area contributed by atoms with Gasteiger partial charge < -0.3 is 14.9 Å². The number of hydrogen-bond acceptors (Lipinski definition) is 4. The molecular weight excluding hydrogens is 436 g/mol. The molecule has 0 heterocycles. The van der Waals surface area contributed by atoms with Crippen molar-refractivity contribution in [2.45, 2.75) is 96.7 Å². The molecule has 1 aromatic carbocycles. The van der Waals surface area contributed by atoms with E-state index < -0.39 is 12.2 Å². The van der Waals surface area contributed by atoms with Crippen molar-refractivity contribution in [3.8, 4) is 5.75 Å². The molecule has 35 heavy (non-hydrogen) atoms. The molecule has 6 atom stereocenters. The van der Waals surface area contributed by atoms with Crippen molar-refractivity contribution in [2.24, 2.45) is 23.2 Å². The van der Waals surface area contributed by atoms with Gasteiger partial charge in [-0.3, -0.25) is 4.79 Å². The molecule has 4 nitrogen and oxygen atoms in total. The van der Waals surface area contributed by atoms with E-state index in [1.54, 1.807) is 12.7 Å². The number of aliphatic hydroxyl groups excluding tert-OH is 2. The van der Waals surface area contributed by atoms with Crippen LogP contribution in [-0.2, 0) is 0 Å². The largest absolute Gasteiger partial charge is 0.497 e. The maximum atomic E-state index is 12.6. The number of ketones is 1. The van der Waals surface area contributed by atoms with Crippen LogP contribution < -0.4 is 4.74 Å². The van der Waals surface area contributed by atoms with Gasteiger partial charge in [-0.25, -0.2) is 0 Å². The van der Waals surface area contributed by atoms with Crippen molar-refractivity contribution in [1.29, 1.82) is 0 Å². The third kappa shape index (κ3) is 6.09. The van der Waals surface area contributed by atoms with Crippen LogP contribution in [0, 0.1) is 23.2 Å².